The Morgan fingerprint density at radius 1 is 1.29 bits per heavy atom. The first-order valence-electron chi connectivity index (χ1n) is 7.71. The van der Waals surface area contributed by atoms with Crippen LogP contribution in [0.3, 0.4) is 0 Å². The minimum absolute atomic E-state index is 0.133. The monoisotopic (exact) mass is 354 g/mol. The Balaban J connectivity index is 1.79. The largest absolute Gasteiger partial charge is 0.416 e. The molecule has 1 unspecified atom stereocenters. The summed E-state index contributed by atoms with van der Waals surface area (Å²) < 4.78 is 37.9. The Morgan fingerprint density at radius 2 is 1.92 bits per heavy atom. The molecule has 0 saturated heterocycles. The summed E-state index contributed by atoms with van der Waals surface area (Å²) in [7, 11) is 0. The van der Waals surface area contributed by atoms with Gasteiger partial charge in [0.05, 0.1) is 11.3 Å². The molecule has 1 aromatic heterocycles. The topological polar surface area (TPSA) is 42.0 Å². The van der Waals surface area contributed by atoms with E-state index in [0.29, 0.717) is 27.1 Å². The number of hydrogen-bond acceptors (Lipinski definition) is 3. The van der Waals surface area contributed by atoms with Crippen LogP contribution in [0.2, 0.25) is 0 Å². The van der Waals surface area contributed by atoms with Crippen LogP contribution in [-0.4, -0.2) is 16.9 Å². The van der Waals surface area contributed by atoms with Crippen LogP contribution < -0.4 is 5.32 Å². The number of alkyl halides is 3. The van der Waals surface area contributed by atoms with Gasteiger partial charge in [-0.25, -0.2) is 4.98 Å². The molecule has 0 aliphatic heterocycles. The normalized spacial score (nSPS) is 16.0. The Hall–Kier alpha value is -1.89. The van der Waals surface area contributed by atoms with Crippen molar-refractivity contribution in [2.24, 2.45) is 5.92 Å². The number of thiazole rings is 1. The van der Waals surface area contributed by atoms with Crippen molar-refractivity contribution >= 4 is 17.2 Å². The first-order chi connectivity index (χ1) is 11.3. The van der Waals surface area contributed by atoms with Crippen molar-refractivity contribution in [3.8, 4) is 10.6 Å². The molecule has 1 aliphatic rings. The van der Waals surface area contributed by atoms with Gasteiger partial charge in [-0.2, -0.15) is 13.2 Å². The SMILES string of the molecule is Cc1nc(-c2ccc(C(F)(F)F)cc2)sc1C(=O)NC(C)C1CC1. The highest BCUT2D eigenvalue weighted by molar-refractivity contribution is 7.17. The molecule has 0 spiro atoms. The van der Waals surface area contributed by atoms with Crippen LogP contribution in [0.15, 0.2) is 24.3 Å². The van der Waals surface area contributed by atoms with Gasteiger partial charge in [0.1, 0.15) is 9.88 Å². The molecular formula is C17H17F3N2OS. The van der Waals surface area contributed by atoms with Gasteiger partial charge in [0, 0.05) is 11.6 Å². The number of aromatic nitrogens is 1. The standard InChI is InChI=1S/C17H17F3N2OS/c1-9(11-3-4-11)21-15(23)14-10(2)22-16(24-14)12-5-7-13(8-6-12)17(18,19)20/h5-9,11H,3-4H2,1-2H3,(H,21,23). The van der Waals surface area contributed by atoms with Crippen molar-refractivity contribution in [3.63, 3.8) is 0 Å². The van der Waals surface area contributed by atoms with Crippen LogP contribution in [0.4, 0.5) is 13.2 Å². The minimum atomic E-state index is -4.36. The smallest absolute Gasteiger partial charge is 0.349 e. The van der Waals surface area contributed by atoms with E-state index in [2.05, 4.69) is 10.3 Å². The van der Waals surface area contributed by atoms with Gasteiger partial charge in [0.15, 0.2) is 0 Å². The van der Waals surface area contributed by atoms with Crippen LogP contribution in [0.1, 0.15) is 40.7 Å². The van der Waals surface area contributed by atoms with Gasteiger partial charge >= 0.3 is 6.18 Å². The molecule has 0 bridgehead atoms. The fourth-order valence-electron chi connectivity index (χ4n) is 2.52. The van der Waals surface area contributed by atoms with E-state index in [4.69, 9.17) is 0 Å². The van der Waals surface area contributed by atoms with Crippen LogP contribution in [0.5, 0.6) is 0 Å². The maximum absolute atomic E-state index is 12.6. The van der Waals surface area contributed by atoms with Crippen molar-refractivity contribution in [1.82, 2.24) is 10.3 Å². The number of rotatable bonds is 4. The summed E-state index contributed by atoms with van der Waals surface area (Å²) in [4.78, 5) is 17.2. The fraction of sp³-hybridized carbons (Fsp3) is 0.412. The number of carbonyl (C=O) groups is 1. The molecule has 1 amide bonds. The predicted octanol–water partition coefficient (Wildman–Crippen LogP) is 4.67. The van der Waals surface area contributed by atoms with Crippen molar-refractivity contribution in [3.05, 3.63) is 40.4 Å². The molecule has 1 aromatic carbocycles. The molecule has 3 rings (SSSR count). The lowest BCUT2D eigenvalue weighted by atomic mass is 10.1. The summed E-state index contributed by atoms with van der Waals surface area (Å²) in [6, 6.07) is 4.96. The van der Waals surface area contributed by atoms with E-state index >= 15 is 0 Å². The molecule has 128 valence electrons. The van der Waals surface area contributed by atoms with Crippen LogP contribution in [0, 0.1) is 12.8 Å². The van der Waals surface area contributed by atoms with Crippen molar-refractivity contribution in [2.45, 2.75) is 38.9 Å². The second-order valence-corrected chi connectivity index (χ2v) is 7.11. The third-order valence-corrected chi connectivity index (χ3v) is 5.36. The second kappa shape index (κ2) is 6.20. The maximum Gasteiger partial charge on any atom is 0.416 e. The average Bonchev–Trinajstić information content (AvgIpc) is 3.29. The molecule has 0 radical (unpaired) electrons. The van der Waals surface area contributed by atoms with Gasteiger partial charge in [-0.3, -0.25) is 4.79 Å². The lowest BCUT2D eigenvalue weighted by Crippen LogP contribution is -2.33. The quantitative estimate of drug-likeness (QED) is 0.867. The Kier molecular flexibility index (Phi) is 4.38. The molecule has 1 aliphatic carbocycles. The molecule has 1 heterocycles. The highest BCUT2D eigenvalue weighted by Gasteiger charge is 2.31. The molecule has 1 atom stereocenters. The van der Waals surface area contributed by atoms with Crippen LogP contribution in [-0.2, 0) is 6.18 Å². The van der Waals surface area contributed by atoms with Gasteiger partial charge in [-0.15, -0.1) is 11.3 Å². The molecule has 7 heteroatoms. The number of carbonyl (C=O) groups excluding carboxylic acids is 1. The maximum atomic E-state index is 12.6. The van der Waals surface area contributed by atoms with E-state index in [1.54, 1.807) is 6.92 Å². The summed E-state index contributed by atoms with van der Waals surface area (Å²) in [6.07, 6.45) is -2.08. The molecule has 1 fully saturated rings. The van der Waals surface area contributed by atoms with Gasteiger partial charge in [-0.05, 0) is 44.7 Å². The summed E-state index contributed by atoms with van der Waals surface area (Å²) in [5.41, 5.74) is 0.469. The second-order valence-electron chi connectivity index (χ2n) is 6.11. The first kappa shape index (κ1) is 17.0. The van der Waals surface area contributed by atoms with Crippen molar-refractivity contribution in [2.75, 3.05) is 0 Å². The molecule has 24 heavy (non-hydrogen) atoms. The van der Waals surface area contributed by atoms with Crippen LogP contribution in [0.25, 0.3) is 10.6 Å². The highest BCUT2D eigenvalue weighted by atomic mass is 32.1. The lowest BCUT2D eigenvalue weighted by molar-refractivity contribution is -0.137. The molecule has 2 aromatic rings. The van der Waals surface area contributed by atoms with E-state index in [1.807, 2.05) is 6.92 Å². The van der Waals surface area contributed by atoms with Gasteiger partial charge in [-0.1, -0.05) is 12.1 Å². The van der Waals surface area contributed by atoms with Gasteiger partial charge in [0.25, 0.3) is 5.91 Å². The van der Waals surface area contributed by atoms with Crippen LogP contribution >= 0.6 is 11.3 Å². The molecular weight excluding hydrogens is 337 g/mol. The summed E-state index contributed by atoms with van der Waals surface area (Å²) >= 11 is 1.20. The molecule has 1 saturated carbocycles. The number of benzene rings is 1. The van der Waals surface area contributed by atoms with Crippen molar-refractivity contribution < 1.29 is 18.0 Å². The van der Waals surface area contributed by atoms with Gasteiger partial charge in [0.2, 0.25) is 0 Å². The zero-order chi connectivity index (χ0) is 17.5. The Morgan fingerprint density at radius 3 is 2.46 bits per heavy atom. The summed E-state index contributed by atoms with van der Waals surface area (Å²) in [6.45, 7) is 3.73. The number of nitrogens with one attached hydrogen (secondary N) is 1. The predicted molar refractivity (Wildman–Crippen MR) is 86.9 cm³/mol. The fourth-order valence-corrected chi connectivity index (χ4v) is 3.49. The number of hydrogen-bond donors (Lipinski definition) is 1. The van der Waals surface area contributed by atoms with Crippen molar-refractivity contribution in [1.29, 1.82) is 0 Å². The molecule has 3 nitrogen and oxygen atoms in total. The third-order valence-electron chi connectivity index (χ3n) is 4.15. The summed E-state index contributed by atoms with van der Waals surface area (Å²) in [5, 5.41) is 3.52. The van der Waals surface area contributed by atoms with E-state index in [9.17, 15) is 18.0 Å². The van der Waals surface area contributed by atoms with E-state index in [0.717, 1.165) is 25.0 Å². The lowest BCUT2D eigenvalue weighted by Gasteiger charge is -2.11. The Labute approximate surface area is 141 Å². The first-order valence-corrected chi connectivity index (χ1v) is 8.53. The van der Waals surface area contributed by atoms with E-state index in [1.165, 1.54) is 23.5 Å². The van der Waals surface area contributed by atoms with E-state index < -0.39 is 11.7 Å². The number of halogens is 3. The Bertz CT molecular complexity index is 748. The number of amides is 1. The number of nitrogens with zero attached hydrogens (tertiary/aromatic N) is 1. The third kappa shape index (κ3) is 3.61. The highest BCUT2D eigenvalue weighted by Crippen LogP contribution is 2.34. The molecule has 1 N–H and O–H groups in total. The summed E-state index contributed by atoms with van der Waals surface area (Å²) in [5.74, 6) is 0.388. The zero-order valence-electron chi connectivity index (χ0n) is 13.3. The zero-order valence-corrected chi connectivity index (χ0v) is 14.1. The average molecular weight is 354 g/mol. The van der Waals surface area contributed by atoms with Gasteiger partial charge < -0.3 is 5.32 Å². The van der Waals surface area contributed by atoms with E-state index in [-0.39, 0.29) is 11.9 Å². The number of aryl methyl sites for hydroxylation is 1. The minimum Gasteiger partial charge on any atom is -0.349 e.